The molecular formula is C15H13N7OSe. The van der Waals surface area contributed by atoms with E-state index < -0.39 is 0 Å². The van der Waals surface area contributed by atoms with Crippen LogP contribution >= 0.6 is 0 Å². The van der Waals surface area contributed by atoms with Gasteiger partial charge in [-0.05, 0) is 0 Å². The van der Waals surface area contributed by atoms with Crippen molar-refractivity contribution in [3.05, 3.63) is 28.7 Å². The second-order valence-corrected chi connectivity index (χ2v) is 6.89. The van der Waals surface area contributed by atoms with Crippen molar-refractivity contribution in [1.82, 2.24) is 4.98 Å². The third kappa shape index (κ3) is 2.65. The van der Waals surface area contributed by atoms with Gasteiger partial charge in [0.25, 0.3) is 0 Å². The molecule has 3 rings (SSSR count). The summed E-state index contributed by atoms with van der Waals surface area (Å²) in [5.74, 6) is 0.883. The fourth-order valence-electron chi connectivity index (χ4n) is 2.13. The van der Waals surface area contributed by atoms with E-state index in [9.17, 15) is 0 Å². The Morgan fingerprint density at radius 2 is 1.83 bits per heavy atom. The summed E-state index contributed by atoms with van der Waals surface area (Å²) in [6, 6.07) is 9.11. The van der Waals surface area contributed by atoms with Crippen molar-refractivity contribution in [2.24, 2.45) is 10.2 Å². The van der Waals surface area contributed by atoms with Gasteiger partial charge in [0.05, 0.1) is 0 Å². The van der Waals surface area contributed by atoms with Crippen LogP contribution in [0.5, 0.6) is 5.75 Å². The predicted octanol–water partition coefficient (Wildman–Crippen LogP) is 2.33. The van der Waals surface area contributed by atoms with E-state index in [1.165, 1.54) is 0 Å². The van der Waals surface area contributed by atoms with Crippen LogP contribution in [0.1, 0.15) is 4.44 Å². The van der Waals surface area contributed by atoms with Gasteiger partial charge in [0.2, 0.25) is 0 Å². The molecule has 0 saturated heterocycles. The quantitative estimate of drug-likeness (QED) is 0.465. The molecule has 0 spiro atoms. The van der Waals surface area contributed by atoms with Crippen LogP contribution in [0.4, 0.5) is 28.6 Å². The number of ether oxygens (including phenoxy) is 1. The van der Waals surface area contributed by atoms with Gasteiger partial charge in [-0.3, -0.25) is 0 Å². The van der Waals surface area contributed by atoms with E-state index >= 15 is 0 Å². The number of hydrogen-bond acceptors (Lipinski definition) is 8. The van der Waals surface area contributed by atoms with Gasteiger partial charge in [-0.15, -0.1) is 0 Å². The predicted molar refractivity (Wildman–Crippen MR) is 93.8 cm³/mol. The Bertz CT molecular complexity index is 986. The molecule has 0 fully saturated rings. The number of anilines is 3. The number of nitriles is 1. The topological polar surface area (TPSA) is 149 Å². The Morgan fingerprint density at radius 1 is 1.12 bits per heavy atom. The minimum atomic E-state index is -0.290. The Hall–Kier alpha value is -3.08. The van der Waals surface area contributed by atoms with Gasteiger partial charge in [-0.2, -0.15) is 0 Å². The second-order valence-electron chi connectivity index (χ2n) is 4.79. The van der Waals surface area contributed by atoms with Crippen LogP contribution in [0.3, 0.4) is 0 Å². The fourth-order valence-corrected chi connectivity index (χ4v) is 4.06. The molecule has 0 aliphatic carbocycles. The standard InChI is InChI=1S/C15H13N7OSe/c1-23-8-4-2-7(3-5-8)21-22-13-12(18)10-11(17)9(6-16)24-15(10)20-14(13)19/h2-5H,17H2,1H3,(H4,18,19,20). The monoisotopic (exact) mass is 387 g/mol. The Morgan fingerprint density at radius 3 is 2.46 bits per heavy atom. The average Bonchev–Trinajstić information content (AvgIpc) is 2.91. The van der Waals surface area contributed by atoms with Crippen LogP contribution in [0.2, 0.25) is 0 Å². The Labute approximate surface area is 143 Å². The molecule has 2 heterocycles. The zero-order valence-corrected chi connectivity index (χ0v) is 14.4. The number of hydrogen-bond donors (Lipinski definition) is 3. The normalized spacial score (nSPS) is 11.0. The molecule has 3 aromatic rings. The first kappa shape index (κ1) is 15.8. The average molecular weight is 386 g/mol. The molecule has 0 unspecified atom stereocenters. The fraction of sp³-hybridized carbons (Fsp3) is 0.0667. The first-order valence-corrected chi connectivity index (χ1v) is 8.49. The van der Waals surface area contributed by atoms with Crippen LogP contribution in [-0.2, 0) is 0 Å². The number of azo groups is 1. The van der Waals surface area contributed by atoms with Crippen LogP contribution < -0.4 is 21.9 Å². The second kappa shape index (κ2) is 6.20. The molecule has 0 amide bonds. The Balaban J connectivity index is 2.07. The van der Waals surface area contributed by atoms with Gasteiger partial charge in [0, 0.05) is 0 Å². The molecule has 0 radical (unpaired) electrons. The number of nitrogens with zero attached hydrogens (tertiary/aromatic N) is 4. The number of methoxy groups -OCH3 is 1. The molecule has 8 nitrogen and oxygen atoms in total. The maximum absolute atomic E-state index is 9.11. The number of fused-ring (bicyclic) bond motifs is 1. The molecule has 0 aliphatic heterocycles. The summed E-state index contributed by atoms with van der Waals surface area (Å²) in [7, 11) is 1.59. The van der Waals surface area contributed by atoms with Crippen LogP contribution in [0, 0.1) is 11.3 Å². The first-order valence-electron chi connectivity index (χ1n) is 6.78. The molecule has 9 heteroatoms. The van der Waals surface area contributed by atoms with E-state index in [0.717, 1.165) is 5.75 Å². The van der Waals surface area contributed by atoms with Crippen molar-refractivity contribution in [2.45, 2.75) is 0 Å². The third-order valence-corrected chi connectivity index (χ3v) is 5.46. The number of nitrogens with two attached hydrogens (primary N) is 3. The van der Waals surface area contributed by atoms with Gasteiger partial charge < -0.3 is 0 Å². The molecular weight excluding hydrogens is 373 g/mol. The molecule has 0 saturated carbocycles. The summed E-state index contributed by atoms with van der Waals surface area (Å²) < 4.78 is 6.22. The van der Waals surface area contributed by atoms with Crippen molar-refractivity contribution in [1.29, 1.82) is 5.26 Å². The SMILES string of the molecule is COc1ccc(N=Nc2c(N)nc3[se]c(C#N)c(N)c3c2N)cc1. The zero-order chi connectivity index (χ0) is 17.3. The minimum absolute atomic E-state index is 0.164. The number of aromatic nitrogens is 1. The molecule has 6 N–H and O–H groups in total. The van der Waals surface area contributed by atoms with Crippen molar-refractivity contribution in [3.63, 3.8) is 0 Å². The maximum atomic E-state index is 9.11. The van der Waals surface area contributed by atoms with Crippen molar-refractivity contribution < 1.29 is 4.74 Å². The molecule has 2 aromatic heterocycles. The molecule has 24 heavy (non-hydrogen) atoms. The summed E-state index contributed by atoms with van der Waals surface area (Å²) in [5.41, 5.74) is 19.6. The number of nitrogen functional groups attached to an aromatic ring is 3. The van der Waals surface area contributed by atoms with Gasteiger partial charge >= 0.3 is 143 Å². The third-order valence-electron chi connectivity index (χ3n) is 3.36. The molecule has 0 aliphatic rings. The zero-order valence-electron chi connectivity index (χ0n) is 12.6. The summed E-state index contributed by atoms with van der Waals surface area (Å²) >= 11 is -0.290. The van der Waals surface area contributed by atoms with E-state index in [4.69, 9.17) is 27.2 Å². The summed E-state index contributed by atoms with van der Waals surface area (Å²) in [5, 5.41) is 17.9. The van der Waals surface area contributed by atoms with Gasteiger partial charge in [-0.1, -0.05) is 0 Å². The van der Waals surface area contributed by atoms with E-state index in [1.54, 1.807) is 31.4 Å². The molecule has 0 bridgehead atoms. The summed E-state index contributed by atoms with van der Waals surface area (Å²) in [6.45, 7) is 0. The van der Waals surface area contributed by atoms with E-state index in [0.29, 0.717) is 31.3 Å². The van der Waals surface area contributed by atoms with E-state index in [2.05, 4.69) is 21.3 Å². The van der Waals surface area contributed by atoms with Gasteiger partial charge in [0.1, 0.15) is 0 Å². The van der Waals surface area contributed by atoms with E-state index in [-0.39, 0.29) is 26.0 Å². The summed E-state index contributed by atoms with van der Waals surface area (Å²) in [6.07, 6.45) is 0. The van der Waals surface area contributed by atoms with Crippen molar-refractivity contribution in [3.8, 4) is 11.8 Å². The van der Waals surface area contributed by atoms with Crippen molar-refractivity contribution >= 4 is 52.8 Å². The first-order chi connectivity index (χ1) is 11.5. The van der Waals surface area contributed by atoms with Crippen LogP contribution in [0.15, 0.2) is 34.5 Å². The van der Waals surface area contributed by atoms with E-state index in [1.807, 2.05) is 0 Å². The molecule has 120 valence electrons. The van der Waals surface area contributed by atoms with Crippen LogP contribution in [0.25, 0.3) is 9.78 Å². The molecule has 1 aromatic carbocycles. The number of rotatable bonds is 3. The van der Waals surface area contributed by atoms with Crippen LogP contribution in [-0.4, -0.2) is 26.6 Å². The molecule has 0 atom stereocenters. The van der Waals surface area contributed by atoms with Gasteiger partial charge in [0.15, 0.2) is 0 Å². The van der Waals surface area contributed by atoms with Gasteiger partial charge in [-0.25, -0.2) is 0 Å². The number of benzene rings is 1. The van der Waals surface area contributed by atoms with Crippen molar-refractivity contribution in [2.75, 3.05) is 24.3 Å². The Kier molecular flexibility index (Phi) is 4.08. The summed E-state index contributed by atoms with van der Waals surface area (Å²) in [4.78, 5) is 4.28. The number of pyridine rings is 1.